The molecule has 0 N–H and O–H groups in total. The van der Waals surface area contributed by atoms with Gasteiger partial charge in [0, 0.05) is 25.9 Å². The molecule has 1 unspecified atom stereocenters. The molecule has 0 bridgehead atoms. The van der Waals surface area contributed by atoms with Crippen molar-refractivity contribution in [2.75, 3.05) is 13.1 Å². The molecule has 0 radical (unpaired) electrons. The van der Waals surface area contributed by atoms with Crippen LogP contribution in [0, 0.1) is 0 Å². The number of carbonyl (C=O) groups excluding carboxylic acids is 1. The molecule has 17 heavy (non-hydrogen) atoms. The van der Waals surface area contributed by atoms with Gasteiger partial charge in [-0.2, -0.15) is 0 Å². The Hall–Kier alpha value is -0.870. The fourth-order valence-corrected chi connectivity index (χ4v) is 2.54. The second-order valence-electron chi connectivity index (χ2n) is 4.19. The molecule has 1 aliphatic rings. The molecule has 1 aromatic rings. The molecule has 1 saturated heterocycles. The number of carbonyl (C=O) groups is 1. The normalized spacial score (nSPS) is 20.4. The van der Waals surface area contributed by atoms with Crippen molar-refractivity contribution in [3.05, 3.63) is 22.2 Å². The van der Waals surface area contributed by atoms with Gasteiger partial charge in [-0.05, 0) is 30.5 Å². The highest BCUT2D eigenvalue weighted by Crippen LogP contribution is 2.27. The number of piperidine rings is 1. The van der Waals surface area contributed by atoms with Gasteiger partial charge in [-0.3, -0.25) is 4.79 Å². The Morgan fingerprint density at radius 1 is 1.47 bits per heavy atom. The van der Waals surface area contributed by atoms with Crippen molar-refractivity contribution in [1.82, 2.24) is 14.9 Å². The first-order chi connectivity index (χ1) is 8.06. The molecule has 4 nitrogen and oxygen atoms in total. The Balaban J connectivity index is 2.18. The van der Waals surface area contributed by atoms with Gasteiger partial charge in [0.25, 0.3) is 0 Å². The van der Waals surface area contributed by atoms with Crippen molar-refractivity contribution in [3.8, 4) is 0 Å². The summed E-state index contributed by atoms with van der Waals surface area (Å²) in [4.78, 5) is 21.2. The van der Waals surface area contributed by atoms with Crippen LogP contribution < -0.4 is 0 Å². The van der Waals surface area contributed by atoms with Gasteiger partial charge < -0.3 is 4.90 Å². The molecule has 1 atom stereocenters. The molecule has 92 valence electrons. The van der Waals surface area contributed by atoms with E-state index in [0.717, 1.165) is 25.1 Å². The fourth-order valence-electron chi connectivity index (χ4n) is 2.12. The second kappa shape index (κ2) is 5.19. The Bertz CT molecular complexity index is 418. The lowest BCUT2D eigenvalue weighted by Crippen LogP contribution is -2.37. The lowest BCUT2D eigenvalue weighted by Gasteiger charge is -2.31. The van der Waals surface area contributed by atoms with E-state index in [4.69, 9.17) is 23.2 Å². The highest BCUT2D eigenvalue weighted by Gasteiger charge is 2.24. The zero-order chi connectivity index (χ0) is 12.4. The molecule has 0 aromatic carbocycles. The van der Waals surface area contributed by atoms with Crippen LogP contribution in [0.3, 0.4) is 0 Å². The van der Waals surface area contributed by atoms with E-state index in [1.807, 2.05) is 4.90 Å². The first-order valence-corrected chi connectivity index (χ1v) is 6.27. The Kier molecular flexibility index (Phi) is 3.84. The van der Waals surface area contributed by atoms with E-state index in [9.17, 15) is 4.79 Å². The second-order valence-corrected chi connectivity index (χ2v) is 4.91. The maximum absolute atomic E-state index is 11.4. The minimum atomic E-state index is 0.0981. The Morgan fingerprint density at radius 3 is 2.88 bits per heavy atom. The molecule has 1 aromatic heterocycles. The van der Waals surface area contributed by atoms with Gasteiger partial charge >= 0.3 is 0 Å². The predicted octanol–water partition coefficient (Wildman–Crippen LogP) is 2.51. The van der Waals surface area contributed by atoms with Crippen LogP contribution in [0.4, 0.5) is 0 Å². The summed E-state index contributed by atoms with van der Waals surface area (Å²) in [6, 6.07) is 1.72. The van der Waals surface area contributed by atoms with Gasteiger partial charge in [0.15, 0.2) is 0 Å². The Morgan fingerprint density at radius 2 is 2.24 bits per heavy atom. The SMILES string of the molecule is CC(=O)N1CCCC(c2cc(Cl)nc(Cl)n2)C1. The largest absolute Gasteiger partial charge is 0.342 e. The quantitative estimate of drug-likeness (QED) is 0.584. The third-order valence-electron chi connectivity index (χ3n) is 2.97. The first-order valence-electron chi connectivity index (χ1n) is 5.52. The fraction of sp³-hybridized carbons (Fsp3) is 0.545. The van der Waals surface area contributed by atoms with Crippen LogP contribution in [0.1, 0.15) is 31.4 Å². The number of likely N-dealkylation sites (tertiary alicyclic amines) is 1. The summed E-state index contributed by atoms with van der Waals surface area (Å²) >= 11 is 11.6. The van der Waals surface area contributed by atoms with E-state index >= 15 is 0 Å². The van der Waals surface area contributed by atoms with Crippen LogP contribution in [0.25, 0.3) is 0 Å². The molecule has 1 amide bonds. The standard InChI is InChI=1S/C11H13Cl2N3O/c1-7(17)16-4-2-3-8(6-16)9-5-10(12)15-11(13)14-9/h5,8H,2-4,6H2,1H3. The summed E-state index contributed by atoms with van der Waals surface area (Å²) in [7, 11) is 0. The molecular formula is C11H13Cl2N3O. The van der Waals surface area contributed by atoms with Crippen molar-refractivity contribution in [3.63, 3.8) is 0 Å². The van der Waals surface area contributed by atoms with Crippen molar-refractivity contribution >= 4 is 29.1 Å². The predicted molar refractivity (Wildman–Crippen MR) is 66.3 cm³/mol. The molecule has 6 heteroatoms. The van der Waals surface area contributed by atoms with Gasteiger partial charge in [-0.25, -0.2) is 9.97 Å². The summed E-state index contributed by atoms with van der Waals surface area (Å²) in [6.45, 7) is 3.08. The van der Waals surface area contributed by atoms with Crippen LogP contribution in [-0.4, -0.2) is 33.9 Å². The van der Waals surface area contributed by atoms with Crippen LogP contribution in [0.2, 0.25) is 10.4 Å². The lowest BCUT2D eigenvalue weighted by molar-refractivity contribution is -0.130. The topological polar surface area (TPSA) is 46.1 Å². The van der Waals surface area contributed by atoms with E-state index in [1.165, 1.54) is 0 Å². The molecule has 0 saturated carbocycles. The van der Waals surface area contributed by atoms with Crippen LogP contribution in [-0.2, 0) is 4.79 Å². The van der Waals surface area contributed by atoms with E-state index in [0.29, 0.717) is 11.7 Å². The molecule has 1 fully saturated rings. The zero-order valence-corrected chi connectivity index (χ0v) is 11.0. The third kappa shape index (κ3) is 3.07. The van der Waals surface area contributed by atoms with E-state index in [2.05, 4.69) is 9.97 Å². The van der Waals surface area contributed by atoms with Crippen molar-refractivity contribution in [2.24, 2.45) is 0 Å². The summed E-state index contributed by atoms with van der Waals surface area (Å²) < 4.78 is 0. The highest BCUT2D eigenvalue weighted by atomic mass is 35.5. The number of nitrogens with zero attached hydrogens (tertiary/aromatic N) is 3. The van der Waals surface area contributed by atoms with Crippen LogP contribution in [0.15, 0.2) is 6.07 Å². The van der Waals surface area contributed by atoms with Gasteiger partial charge in [0.2, 0.25) is 11.2 Å². The zero-order valence-electron chi connectivity index (χ0n) is 9.49. The molecule has 0 aliphatic carbocycles. The molecule has 2 heterocycles. The van der Waals surface area contributed by atoms with E-state index in [1.54, 1.807) is 13.0 Å². The molecule has 2 rings (SSSR count). The van der Waals surface area contributed by atoms with Crippen LogP contribution >= 0.6 is 23.2 Å². The van der Waals surface area contributed by atoms with Gasteiger partial charge in [0.1, 0.15) is 5.15 Å². The maximum Gasteiger partial charge on any atom is 0.224 e. The lowest BCUT2D eigenvalue weighted by atomic mass is 9.94. The summed E-state index contributed by atoms with van der Waals surface area (Å²) in [5.41, 5.74) is 0.820. The number of aromatic nitrogens is 2. The molecule has 1 aliphatic heterocycles. The maximum atomic E-state index is 11.4. The minimum Gasteiger partial charge on any atom is -0.342 e. The summed E-state index contributed by atoms with van der Waals surface area (Å²) in [6.07, 6.45) is 1.97. The number of amides is 1. The first kappa shape index (κ1) is 12.6. The van der Waals surface area contributed by atoms with E-state index < -0.39 is 0 Å². The average molecular weight is 274 g/mol. The summed E-state index contributed by atoms with van der Waals surface area (Å²) in [5, 5.41) is 0.507. The molecular weight excluding hydrogens is 261 g/mol. The number of rotatable bonds is 1. The van der Waals surface area contributed by atoms with Crippen molar-refractivity contribution in [2.45, 2.75) is 25.7 Å². The number of hydrogen-bond acceptors (Lipinski definition) is 3. The van der Waals surface area contributed by atoms with Crippen molar-refractivity contribution < 1.29 is 4.79 Å². The number of hydrogen-bond donors (Lipinski definition) is 0. The average Bonchev–Trinajstić information content (AvgIpc) is 2.28. The minimum absolute atomic E-state index is 0.0981. The van der Waals surface area contributed by atoms with Gasteiger partial charge in [-0.1, -0.05) is 11.6 Å². The third-order valence-corrected chi connectivity index (χ3v) is 3.34. The van der Waals surface area contributed by atoms with Gasteiger partial charge in [0.05, 0.1) is 5.69 Å². The van der Waals surface area contributed by atoms with Crippen LogP contribution in [0.5, 0.6) is 0 Å². The monoisotopic (exact) mass is 273 g/mol. The smallest absolute Gasteiger partial charge is 0.224 e. The number of halogens is 2. The van der Waals surface area contributed by atoms with E-state index in [-0.39, 0.29) is 17.1 Å². The highest BCUT2D eigenvalue weighted by molar-refractivity contribution is 6.31. The summed E-state index contributed by atoms with van der Waals surface area (Å²) in [5.74, 6) is 0.298. The Labute approximate surface area is 110 Å². The van der Waals surface area contributed by atoms with Gasteiger partial charge in [-0.15, -0.1) is 0 Å². The molecule has 0 spiro atoms. The van der Waals surface area contributed by atoms with Crippen molar-refractivity contribution in [1.29, 1.82) is 0 Å².